The van der Waals surface area contributed by atoms with Gasteiger partial charge in [-0.15, -0.1) is 0 Å². The number of piperidine rings is 1. The smallest absolute Gasteiger partial charge is 0.308 e. The van der Waals surface area contributed by atoms with Crippen molar-refractivity contribution in [3.8, 4) is 0 Å². The highest BCUT2D eigenvalue weighted by molar-refractivity contribution is 5.80. The molecule has 2 unspecified atom stereocenters. The summed E-state index contributed by atoms with van der Waals surface area (Å²) in [5, 5.41) is 18.2. The van der Waals surface area contributed by atoms with Crippen LogP contribution in [0.1, 0.15) is 26.7 Å². The van der Waals surface area contributed by atoms with Crippen LogP contribution in [0.3, 0.4) is 0 Å². The van der Waals surface area contributed by atoms with Crippen molar-refractivity contribution in [3.63, 3.8) is 0 Å². The molecule has 1 fully saturated rings. The van der Waals surface area contributed by atoms with E-state index in [9.17, 15) is 9.59 Å². The van der Waals surface area contributed by atoms with Crippen molar-refractivity contribution in [2.24, 2.45) is 17.8 Å². The minimum Gasteiger partial charge on any atom is -0.481 e. The first kappa shape index (κ1) is 16.9. The number of hydrogen-bond acceptors (Lipinski definition) is 4. The van der Waals surface area contributed by atoms with Crippen molar-refractivity contribution < 1.29 is 24.5 Å². The molecule has 1 aliphatic heterocycles. The fourth-order valence-electron chi connectivity index (χ4n) is 2.38. The van der Waals surface area contributed by atoms with Crippen LogP contribution in [0.25, 0.3) is 0 Å². The maximum absolute atomic E-state index is 11.1. The Kier molecular flexibility index (Phi) is 6.95. The topological polar surface area (TPSA) is 87.1 Å². The van der Waals surface area contributed by atoms with Gasteiger partial charge in [-0.1, -0.05) is 13.8 Å². The lowest BCUT2D eigenvalue weighted by molar-refractivity contribution is -0.157. The Bertz CT molecular complexity index is 332. The summed E-state index contributed by atoms with van der Waals surface area (Å²) in [6.07, 6.45) is 1.40. The normalized spacial score (nSPS) is 23.9. The summed E-state index contributed by atoms with van der Waals surface area (Å²) >= 11 is 0. The van der Waals surface area contributed by atoms with Crippen LogP contribution in [0.5, 0.6) is 0 Å². The molecular weight excluding hydrogens is 262 g/mol. The average molecular weight is 287 g/mol. The lowest BCUT2D eigenvalue weighted by atomic mass is 9.85. The standard InChI is InChI=1S/C14H25NO5/c1-10(2)4-7-20-8-6-15-5-3-11(13(16)17)12(9-15)14(18)19/h10-12H,3-9H2,1-2H3,(H,16,17)(H,18,19). The number of aliphatic carboxylic acids is 2. The Labute approximate surface area is 119 Å². The van der Waals surface area contributed by atoms with E-state index >= 15 is 0 Å². The number of carbonyl (C=O) groups is 2. The van der Waals surface area contributed by atoms with Gasteiger partial charge in [0.25, 0.3) is 0 Å². The van der Waals surface area contributed by atoms with Crippen LogP contribution >= 0.6 is 0 Å². The first-order valence-corrected chi connectivity index (χ1v) is 7.17. The van der Waals surface area contributed by atoms with Crippen LogP contribution in [0.15, 0.2) is 0 Å². The van der Waals surface area contributed by atoms with E-state index < -0.39 is 23.8 Å². The van der Waals surface area contributed by atoms with Crippen molar-refractivity contribution in [2.75, 3.05) is 32.8 Å². The van der Waals surface area contributed by atoms with Gasteiger partial charge in [-0.2, -0.15) is 0 Å². The number of hydrogen-bond donors (Lipinski definition) is 2. The predicted octanol–water partition coefficient (Wildman–Crippen LogP) is 1.16. The number of rotatable bonds is 8. The van der Waals surface area contributed by atoms with Gasteiger partial charge in [0, 0.05) is 19.7 Å². The quantitative estimate of drug-likeness (QED) is 0.651. The molecule has 0 aromatic carbocycles. The van der Waals surface area contributed by atoms with Crippen molar-refractivity contribution >= 4 is 11.9 Å². The fraction of sp³-hybridized carbons (Fsp3) is 0.857. The molecule has 2 N–H and O–H groups in total. The average Bonchev–Trinajstić information content (AvgIpc) is 2.37. The van der Waals surface area contributed by atoms with Crippen molar-refractivity contribution in [1.29, 1.82) is 0 Å². The van der Waals surface area contributed by atoms with Gasteiger partial charge >= 0.3 is 11.9 Å². The summed E-state index contributed by atoms with van der Waals surface area (Å²) in [4.78, 5) is 24.2. The van der Waals surface area contributed by atoms with E-state index in [0.717, 1.165) is 6.42 Å². The first-order chi connectivity index (χ1) is 9.41. The second-order valence-corrected chi connectivity index (χ2v) is 5.77. The molecule has 0 radical (unpaired) electrons. The van der Waals surface area contributed by atoms with E-state index in [1.165, 1.54) is 0 Å². The van der Waals surface area contributed by atoms with Crippen molar-refractivity contribution in [1.82, 2.24) is 4.90 Å². The lowest BCUT2D eigenvalue weighted by Gasteiger charge is -2.34. The molecule has 116 valence electrons. The highest BCUT2D eigenvalue weighted by atomic mass is 16.5. The first-order valence-electron chi connectivity index (χ1n) is 7.17. The summed E-state index contributed by atoms with van der Waals surface area (Å²) in [6, 6.07) is 0. The van der Waals surface area contributed by atoms with Gasteiger partial charge < -0.3 is 19.8 Å². The second-order valence-electron chi connectivity index (χ2n) is 5.77. The molecule has 1 rings (SSSR count). The van der Waals surface area contributed by atoms with Crippen molar-refractivity contribution in [2.45, 2.75) is 26.7 Å². The Balaban J connectivity index is 2.32. The maximum atomic E-state index is 11.1. The van der Waals surface area contributed by atoms with E-state index in [1.807, 2.05) is 4.90 Å². The minimum absolute atomic E-state index is 0.292. The summed E-state index contributed by atoms with van der Waals surface area (Å²) < 4.78 is 5.51. The lowest BCUT2D eigenvalue weighted by Crippen LogP contribution is -2.47. The van der Waals surface area contributed by atoms with Gasteiger partial charge in [-0.25, -0.2) is 0 Å². The third kappa shape index (κ3) is 5.46. The fourth-order valence-corrected chi connectivity index (χ4v) is 2.38. The molecule has 0 aromatic rings. The van der Waals surface area contributed by atoms with E-state index in [4.69, 9.17) is 14.9 Å². The number of carboxylic acids is 2. The molecule has 6 nitrogen and oxygen atoms in total. The number of nitrogens with zero attached hydrogens (tertiary/aromatic N) is 1. The number of likely N-dealkylation sites (tertiary alicyclic amines) is 1. The molecular formula is C14H25NO5. The minimum atomic E-state index is -1.03. The Morgan fingerprint density at radius 2 is 1.85 bits per heavy atom. The molecule has 0 aromatic heterocycles. The largest absolute Gasteiger partial charge is 0.481 e. The number of carboxylic acid groups (broad SMARTS) is 2. The maximum Gasteiger partial charge on any atom is 0.308 e. The van der Waals surface area contributed by atoms with Gasteiger partial charge in [0.15, 0.2) is 0 Å². The van der Waals surface area contributed by atoms with Gasteiger partial charge in [0.1, 0.15) is 0 Å². The van der Waals surface area contributed by atoms with Crippen LogP contribution in [-0.4, -0.2) is 59.9 Å². The van der Waals surface area contributed by atoms with Gasteiger partial charge in [-0.05, 0) is 25.3 Å². The van der Waals surface area contributed by atoms with Crippen LogP contribution in [0.2, 0.25) is 0 Å². The molecule has 0 bridgehead atoms. The third-order valence-electron chi connectivity index (χ3n) is 3.72. The predicted molar refractivity (Wildman–Crippen MR) is 73.6 cm³/mol. The van der Waals surface area contributed by atoms with E-state index in [0.29, 0.717) is 45.2 Å². The monoisotopic (exact) mass is 287 g/mol. The highest BCUT2D eigenvalue weighted by Crippen LogP contribution is 2.24. The molecule has 1 saturated heterocycles. The molecule has 0 spiro atoms. The van der Waals surface area contributed by atoms with E-state index in [2.05, 4.69) is 13.8 Å². The van der Waals surface area contributed by atoms with Crippen LogP contribution in [0, 0.1) is 17.8 Å². The summed E-state index contributed by atoms with van der Waals surface area (Å²) in [5.74, 6) is -3.02. The van der Waals surface area contributed by atoms with Gasteiger partial charge in [0.05, 0.1) is 18.4 Å². The van der Waals surface area contributed by atoms with E-state index in [-0.39, 0.29) is 0 Å². The van der Waals surface area contributed by atoms with Gasteiger partial charge in [-0.3, -0.25) is 9.59 Å². The molecule has 6 heteroatoms. The van der Waals surface area contributed by atoms with Crippen molar-refractivity contribution in [3.05, 3.63) is 0 Å². The molecule has 1 aliphatic rings. The summed E-state index contributed by atoms with van der Waals surface area (Å²) in [7, 11) is 0. The zero-order valence-corrected chi connectivity index (χ0v) is 12.2. The Hall–Kier alpha value is -1.14. The molecule has 20 heavy (non-hydrogen) atoms. The SMILES string of the molecule is CC(C)CCOCCN1CCC(C(=O)O)C(C(=O)O)C1. The molecule has 0 amide bonds. The second kappa shape index (κ2) is 8.21. The van der Waals surface area contributed by atoms with Crippen LogP contribution in [0.4, 0.5) is 0 Å². The summed E-state index contributed by atoms with van der Waals surface area (Å²) in [6.45, 7) is 7.12. The highest BCUT2D eigenvalue weighted by Gasteiger charge is 2.38. The van der Waals surface area contributed by atoms with E-state index in [1.54, 1.807) is 0 Å². The molecule has 1 heterocycles. The summed E-state index contributed by atoms with van der Waals surface area (Å²) in [5.41, 5.74) is 0. The molecule has 0 saturated carbocycles. The molecule has 2 atom stereocenters. The van der Waals surface area contributed by atoms with Gasteiger partial charge in [0.2, 0.25) is 0 Å². The third-order valence-corrected chi connectivity index (χ3v) is 3.72. The zero-order chi connectivity index (χ0) is 15.1. The molecule has 0 aliphatic carbocycles. The zero-order valence-electron chi connectivity index (χ0n) is 12.2. The Morgan fingerprint density at radius 3 is 2.40 bits per heavy atom. The number of ether oxygens (including phenoxy) is 1. The van der Waals surface area contributed by atoms with Crippen LogP contribution < -0.4 is 0 Å². The van der Waals surface area contributed by atoms with Crippen LogP contribution in [-0.2, 0) is 14.3 Å². The Morgan fingerprint density at radius 1 is 1.20 bits per heavy atom.